The molecule has 2 aromatic rings. The standard InChI is InChI=1S/C15H16N4O3/c1-9(10-4-6-12(7-5-10)19(21)22)15(20)16-14-8-13(17-18-14)11-2-3-11/h4-9,11H,2-3H2,1H3,(H2,16,17,18,20). The molecule has 0 spiro atoms. The summed E-state index contributed by atoms with van der Waals surface area (Å²) >= 11 is 0. The number of carbonyl (C=O) groups excluding carboxylic acids is 1. The predicted molar refractivity (Wildman–Crippen MR) is 80.7 cm³/mol. The fraction of sp³-hybridized carbons (Fsp3) is 0.333. The van der Waals surface area contributed by atoms with Crippen molar-refractivity contribution in [2.24, 2.45) is 0 Å². The summed E-state index contributed by atoms with van der Waals surface area (Å²) in [5.41, 5.74) is 1.79. The lowest BCUT2D eigenvalue weighted by Crippen LogP contribution is -2.19. The second-order valence-corrected chi connectivity index (χ2v) is 5.54. The number of nitrogens with one attached hydrogen (secondary N) is 2. The maximum Gasteiger partial charge on any atom is 0.269 e. The Kier molecular flexibility index (Phi) is 3.62. The highest BCUT2D eigenvalue weighted by atomic mass is 16.6. The van der Waals surface area contributed by atoms with Gasteiger partial charge in [-0.2, -0.15) is 5.10 Å². The van der Waals surface area contributed by atoms with Crippen LogP contribution in [0.1, 0.15) is 42.9 Å². The van der Waals surface area contributed by atoms with Gasteiger partial charge in [0.15, 0.2) is 5.82 Å². The van der Waals surface area contributed by atoms with Crippen LogP contribution in [0.4, 0.5) is 11.5 Å². The minimum atomic E-state index is -0.461. The van der Waals surface area contributed by atoms with Crippen molar-refractivity contribution >= 4 is 17.4 Å². The average Bonchev–Trinajstić information content (AvgIpc) is 3.27. The molecule has 1 aliphatic carbocycles. The minimum Gasteiger partial charge on any atom is -0.309 e. The highest BCUT2D eigenvalue weighted by Gasteiger charge is 2.26. The molecule has 114 valence electrons. The smallest absolute Gasteiger partial charge is 0.269 e. The molecule has 1 atom stereocenters. The number of amides is 1. The van der Waals surface area contributed by atoms with E-state index in [1.54, 1.807) is 19.1 Å². The van der Waals surface area contributed by atoms with E-state index in [4.69, 9.17) is 0 Å². The maximum absolute atomic E-state index is 12.2. The normalized spacial score (nSPS) is 15.3. The number of non-ortho nitro benzene ring substituents is 1. The molecule has 0 radical (unpaired) electrons. The highest BCUT2D eigenvalue weighted by molar-refractivity contribution is 5.94. The molecular formula is C15H16N4O3. The van der Waals surface area contributed by atoms with E-state index < -0.39 is 10.8 Å². The molecule has 1 aromatic carbocycles. The van der Waals surface area contributed by atoms with E-state index >= 15 is 0 Å². The Hall–Kier alpha value is -2.70. The number of aromatic amines is 1. The van der Waals surface area contributed by atoms with E-state index in [0.29, 0.717) is 11.7 Å². The third-order valence-corrected chi connectivity index (χ3v) is 3.86. The number of H-pyrrole nitrogens is 1. The first-order valence-electron chi connectivity index (χ1n) is 7.15. The molecule has 2 N–H and O–H groups in total. The topological polar surface area (TPSA) is 101 Å². The Morgan fingerprint density at radius 1 is 1.41 bits per heavy atom. The summed E-state index contributed by atoms with van der Waals surface area (Å²) in [7, 11) is 0. The van der Waals surface area contributed by atoms with Crippen LogP contribution in [0.25, 0.3) is 0 Å². The van der Waals surface area contributed by atoms with Gasteiger partial charge in [-0.15, -0.1) is 0 Å². The quantitative estimate of drug-likeness (QED) is 0.654. The van der Waals surface area contributed by atoms with Crippen molar-refractivity contribution < 1.29 is 9.72 Å². The van der Waals surface area contributed by atoms with Gasteiger partial charge < -0.3 is 5.32 Å². The molecule has 0 bridgehead atoms. The van der Waals surface area contributed by atoms with Crippen LogP contribution >= 0.6 is 0 Å². The van der Waals surface area contributed by atoms with E-state index in [-0.39, 0.29) is 11.6 Å². The van der Waals surface area contributed by atoms with E-state index in [1.807, 2.05) is 6.07 Å². The number of nitro benzene ring substituents is 1. The number of carbonyl (C=O) groups is 1. The summed E-state index contributed by atoms with van der Waals surface area (Å²) in [6, 6.07) is 7.86. The summed E-state index contributed by atoms with van der Waals surface area (Å²) < 4.78 is 0. The SMILES string of the molecule is CC(C(=O)Nc1cc(C2CC2)[nH]n1)c1ccc([N+](=O)[O-])cc1. The molecule has 7 nitrogen and oxygen atoms in total. The highest BCUT2D eigenvalue weighted by Crippen LogP contribution is 2.39. The maximum atomic E-state index is 12.2. The number of benzene rings is 1. The van der Waals surface area contributed by atoms with Gasteiger partial charge in [-0.25, -0.2) is 0 Å². The number of hydrogen-bond acceptors (Lipinski definition) is 4. The van der Waals surface area contributed by atoms with E-state index in [2.05, 4.69) is 15.5 Å². The van der Waals surface area contributed by atoms with Crippen molar-refractivity contribution in [3.05, 3.63) is 51.7 Å². The zero-order valence-electron chi connectivity index (χ0n) is 12.1. The molecule has 1 aromatic heterocycles. The third-order valence-electron chi connectivity index (χ3n) is 3.86. The van der Waals surface area contributed by atoms with Crippen molar-refractivity contribution in [2.45, 2.75) is 31.6 Å². The Labute approximate surface area is 126 Å². The van der Waals surface area contributed by atoms with E-state index in [9.17, 15) is 14.9 Å². The van der Waals surface area contributed by atoms with Crippen molar-refractivity contribution in [3.8, 4) is 0 Å². The van der Waals surface area contributed by atoms with Gasteiger partial charge >= 0.3 is 0 Å². The summed E-state index contributed by atoms with van der Waals surface area (Å²) in [4.78, 5) is 22.4. The second-order valence-electron chi connectivity index (χ2n) is 5.54. The fourth-order valence-electron chi connectivity index (χ4n) is 2.27. The van der Waals surface area contributed by atoms with Gasteiger partial charge in [0.25, 0.3) is 5.69 Å². The lowest BCUT2D eigenvalue weighted by molar-refractivity contribution is -0.384. The number of anilines is 1. The van der Waals surface area contributed by atoms with Crippen LogP contribution in [0, 0.1) is 10.1 Å². The number of nitro groups is 1. The zero-order valence-corrected chi connectivity index (χ0v) is 12.1. The van der Waals surface area contributed by atoms with Crippen molar-refractivity contribution in [1.29, 1.82) is 0 Å². The van der Waals surface area contributed by atoms with Crippen LogP contribution in [0.2, 0.25) is 0 Å². The van der Waals surface area contributed by atoms with Crippen LogP contribution in [-0.4, -0.2) is 21.0 Å². The Balaban J connectivity index is 1.66. The molecule has 3 rings (SSSR count). The number of nitrogens with zero attached hydrogens (tertiary/aromatic N) is 2. The van der Waals surface area contributed by atoms with E-state index in [1.165, 1.54) is 12.1 Å². The molecule has 1 saturated carbocycles. The molecule has 0 aliphatic heterocycles. The van der Waals surface area contributed by atoms with Crippen molar-refractivity contribution in [1.82, 2.24) is 10.2 Å². The average molecular weight is 300 g/mol. The van der Waals surface area contributed by atoms with Crippen LogP contribution in [-0.2, 0) is 4.79 Å². The lowest BCUT2D eigenvalue weighted by atomic mass is 10.00. The molecule has 7 heteroatoms. The monoisotopic (exact) mass is 300 g/mol. The lowest BCUT2D eigenvalue weighted by Gasteiger charge is -2.10. The Morgan fingerprint density at radius 3 is 2.68 bits per heavy atom. The van der Waals surface area contributed by atoms with Gasteiger partial charge in [0.05, 0.1) is 10.8 Å². The minimum absolute atomic E-state index is 0.0118. The summed E-state index contributed by atoms with van der Waals surface area (Å²) in [5, 5.41) is 20.4. The van der Waals surface area contributed by atoms with Gasteiger partial charge in [-0.3, -0.25) is 20.0 Å². The Morgan fingerprint density at radius 2 is 2.09 bits per heavy atom. The van der Waals surface area contributed by atoms with Gasteiger partial charge in [0.2, 0.25) is 5.91 Å². The number of hydrogen-bond donors (Lipinski definition) is 2. The second kappa shape index (κ2) is 5.59. The fourth-order valence-corrected chi connectivity index (χ4v) is 2.27. The molecule has 0 saturated heterocycles. The molecule has 1 heterocycles. The van der Waals surface area contributed by atoms with Crippen LogP contribution in [0.3, 0.4) is 0 Å². The van der Waals surface area contributed by atoms with Crippen LogP contribution < -0.4 is 5.32 Å². The van der Waals surface area contributed by atoms with Gasteiger partial charge in [-0.05, 0) is 25.3 Å². The molecule has 22 heavy (non-hydrogen) atoms. The molecule has 1 fully saturated rings. The molecule has 1 aliphatic rings. The first kappa shape index (κ1) is 14.2. The predicted octanol–water partition coefficient (Wildman–Crippen LogP) is 2.94. The van der Waals surface area contributed by atoms with Gasteiger partial charge in [-0.1, -0.05) is 12.1 Å². The van der Waals surface area contributed by atoms with Crippen LogP contribution in [0.15, 0.2) is 30.3 Å². The van der Waals surface area contributed by atoms with Crippen LogP contribution in [0.5, 0.6) is 0 Å². The first-order chi connectivity index (χ1) is 10.5. The Bertz CT molecular complexity index is 704. The molecular weight excluding hydrogens is 284 g/mol. The zero-order chi connectivity index (χ0) is 15.7. The summed E-state index contributed by atoms with van der Waals surface area (Å²) in [5.74, 6) is 0.454. The number of rotatable bonds is 5. The van der Waals surface area contributed by atoms with Crippen molar-refractivity contribution in [3.63, 3.8) is 0 Å². The van der Waals surface area contributed by atoms with E-state index in [0.717, 1.165) is 24.1 Å². The van der Waals surface area contributed by atoms with Gasteiger partial charge in [0, 0.05) is 29.8 Å². The third kappa shape index (κ3) is 2.98. The molecule has 1 unspecified atom stereocenters. The largest absolute Gasteiger partial charge is 0.309 e. The van der Waals surface area contributed by atoms with Gasteiger partial charge in [0.1, 0.15) is 0 Å². The summed E-state index contributed by atoms with van der Waals surface area (Å²) in [6.45, 7) is 1.75. The first-order valence-corrected chi connectivity index (χ1v) is 7.15. The number of aromatic nitrogens is 2. The summed E-state index contributed by atoms with van der Waals surface area (Å²) in [6.07, 6.45) is 2.32. The van der Waals surface area contributed by atoms with Crippen molar-refractivity contribution in [2.75, 3.05) is 5.32 Å². The molecule has 1 amide bonds.